The minimum absolute atomic E-state index is 0.0657. The first-order valence-electron chi connectivity index (χ1n) is 4.93. The Morgan fingerprint density at radius 2 is 1.89 bits per heavy atom. The first kappa shape index (κ1) is 14.7. The van der Waals surface area contributed by atoms with Crippen molar-refractivity contribution >= 4 is 43.7 Å². The van der Waals surface area contributed by atoms with Crippen molar-refractivity contribution < 1.29 is 9.59 Å². The fraction of sp³-hybridized carbons (Fsp3) is 0.167. The maximum atomic E-state index is 11.9. The Hall–Kier alpha value is -1.32. The lowest BCUT2D eigenvalue weighted by Gasteiger charge is -2.13. The molecule has 4 nitrogen and oxygen atoms in total. The summed E-state index contributed by atoms with van der Waals surface area (Å²) < 4.78 is 1.49. The fourth-order valence-corrected chi connectivity index (χ4v) is 2.56. The van der Waals surface area contributed by atoms with Gasteiger partial charge in [-0.2, -0.15) is 0 Å². The average molecular weight is 374 g/mol. The summed E-state index contributed by atoms with van der Waals surface area (Å²) in [6, 6.07) is 4.20. The van der Waals surface area contributed by atoms with Gasteiger partial charge in [0.1, 0.15) is 6.04 Å². The quantitative estimate of drug-likeness (QED) is 0.790. The Labute approximate surface area is 122 Å². The van der Waals surface area contributed by atoms with Crippen LogP contribution in [0.25, 0.3) is 0 Å². The molecule has 0 aliphatic rings. The number of nitrogens with two attached hydrogens (primary N) is 1. The van der Waals surface area contributed by atoms with Crippen LogP contribution in [0, 0.1) is 12.3 Å². The highest BCUT2D eigenvalue weighted by Gasteiger charge is 2.18. The minimum atomic E-state index is -0.861. The molecule has 0 bridgehead atoms. The summed E-state index contributed by atoms with van der Waals surface area (Å²) in [5, 5.41) is 2.49. The number of hydrogen-bond acceptors (Lipinski definition) is 2. The highest BCUT2D eigenvalue weighted by atomic mass is 79.9. The van der Waals surface area contributed by atoms with Crippen molar-refractivity contribution in [2.45, 2.75) is 12.5 Å². The second-order valence-corrected chi connectivity index (χ2v) is 5.33. The van der Waals surface area contributed by atoms with Gasteiger partial charge in [0.2, 0.25) is 5.91 Å². The number of hydrogen-bond donors (Lipinski definition) is 2. The van der Waals surface area contributed by atoms with Crippen molar-refractivity contribution in [2.75, 3.05) is 0 Å². The highest BCUT2D eigenvalue weighted by Crippen LogP contribution is 2.20. The summed E-state index contributed by atoms with van der Waals surface area (Å²) in [5.41, 5.74) is 5.54. The van der Waals surface area contributed by atoms with Crippen LogP contribution < -0.4 is 11.1 Å². The van der Waals surface area contributed by atoms with E-state index in [1.165, 1.54) is 0 Å². The highest BCUT2D eigenvalue weighted by molar-refractivity contribution is 9.11. The summed E-state index contributed by atoms with van der Waals surface area (Å²) in [4.78, 5) is 23.0. The number of primary amides is 1. The molecular formula is C12H10Br2N2O2. The van der Waals surface area contributed by atoms with E-state index < -0.39 is 17.9 Å². The molecule has 0 saturated carbocycles. The second kappa shape index (κ2) is 6.57. The van der Waals surface area contributed by atoms with Crippen LogP contribution in [0.5, 0.6) is 0 Å². The van der Waals surface area contributed by atoms with Crippen LogP contribution >= 0.6 is 31.9 Å². The predicted octanol–water partition coefficient (Wildman–Crippen LogP) is 1.82. The molecule has 0 heterocycles. The van der Waals surface area contributed by atoms with Gasteiger partial charge in [-0.15, -0.1) is 12.3 Å². The van der Waals surface area contributed by atoms with Gasteiger partial charge in [0.05, 0.1) is 0 Å². The summed E-state index contributed by atoms with van der Waals surface area (Å²) >= 11 is 6.55. The van der Waals surface area contributed by atoms with E-state index in [4.69, 9.17) is 12.2 Å². The molecule has 1 aromatic carbocycles. The fourth-order valence-electron chi connectivity index (χ4n) is 1.27. The Morgan fingerprint density at radius 3 is 2.33 bits per heavy atom. The molecule has 1 atom stereocenters. The zero-order chi connectivity index (χ0) is 13.7. The van der Waals surface area contributed by atoms with Gasteiger partial charge in [0.25, 0.3) is 5.91 Å². The molecule has 18 heavy (non-hydrogen) atoms. The lowest BCUT2D eigenvalue weighted by molar-refractivity contribution is -0.119. The van der Waals surface area contributed by atoms with Crippen molar-refractivity contribution in [3.05, 3.63) is 32.7 Å². The van der Waals surface area contributed by atoms with E-state index in [0.29, 0.717) is 5.56 Å². The molecule has 0 aromatic heterocycles. The van der Waals surface area contributed by atoms with Gasteiger partial charge >= 0.3 is 0 Å². The molecule has 3 N–H and O–H groups in total. The second-order valence-electron chi connectivity index (χ2n) is 3.49. The average Bonchev–Trinajstić information content (AvgIpc) is 2.26. The molecule has 0 radical (unpaired) electrons. The van der Waals surface area contributed by atoms with Gasteiger partial charge in [-0.3, -0.25) is 9.59 Å². The summed E-state index contributed by atoms with van der Waals surface area (Å²) in [7, 11) is 0. The SMILES string of the molecule is C#CC[C@@H](NC(=O)c1cc(Br)cc(Br)c1)C(N)=O. The summed E-state index contributed by atoms with van der Waals surface area (Å²) in [6.45, 7) is 0. The molecule has 1 aromatic rings. The van der Waals surface area contributed by atoms with E-state index in [1.807, 2.05) is 0 Å². The normalized spacial score (nSPS) is 11.4. The third kappa shape index (κ3) is 4.17. The minimum Gasteiger partial charge on any atom is -0.368 e. The topological polar surface area (TPSA) is 72.2 Å². The number of rotatable bonds is 4. The molecule has 0 unspecified atom stereocenters. The summed E-state index contributed by atoms with van der Waals surface area (Å²) in [6.07, 6.45) is 5.17. The number of terminal acetylenes is 1. The standard InChI is InChI=1S/C12H10Br2N2O2/c1-2-3-10(11(15)17)16-12(18)7-4-8(13)6-9(14)5-7/h1,4-6,10H,3H2,(H2,15,17)(H,16,18)/t10-/m1/s1. The van der Waals surface area contributed by atoms with Gasteiger partial charge in [0, 0.05) is 20.9 Å². The maximum absolute atomic E-state index is 11.9. The van der Waals surface area contributed by atoms with Crippen LogP contribution in [0.15, 0.2) is 27.1 Å². The van der Waals surface area contributed by atoms with Crippen molar-refractivity contribution in [1.29, 1.82) is 0 Å². The van der Waals surface area contributed by atoms with Gasteiger partial charge in [0.15, 0.2) is 0 Å². The van der Waals surface area contributed by atoms with Crippen LogP contribution in [0.3, 0.4) is 0 Å². The number of halogens is 2. The molecule has 94 valence electrons. The van der Waals surface area contributed by atoms with Gasteiger partial charge in [-0.25, -0.2) is 0 Å². The number of carbonyl (C=O) groups excluding carboxylic acids is 2. The zero-order valence-corrected chi connectivity index (χ0v) is 12.4. The predicted molar refractivity (Wildman–Crippen MR) is 75.7 cm³/mol. The van der Waals surface area contributed by atoms with Crippen molar-refractivity contribution in [2.24, 2.45) is 5.73 Å². The van der Waals surface area contributed by atoms with Crippen molar-refractivity contribution in [3.8, 4) is 12.3 Å². The maximum Gasteiger partial charge on any atom is 0.252 e. The third-order valence-corrected chi connectivity index (χ3v) is 3.01. The lowest BCUT2D eigenvalue weighted by atomic mass is 10.1. The molecule has 2 amide bonds. The monoisotopic (exact) mass is 372 g/mol. The van der Waals surface area contributed by atoms with E-state index >= 15 is 0 Å². The molecular weight excluding hydrogens is 364 g/mol. The molecule has 0 aliphatic carbocycles. The van der Waals surface area contributed by atoms with Gasteiger partial charge in [-0.1, -0.05) is 31.9 Å². The van der Waals surface area contributed by atoms with Gasteiger partial charge < -0.3 is 11.1 Å². The van der Waals surface area contributed by atoms with E-state index in [2.05, 4.69) is 43.1 Å². The Balaban J connectivity index is 2.87. The molecule has 0 saturated heterocycles. The first-order chi connectivity index (χ1) is 8.43. The lowest BCUT2D eigenvalue weighted by Crippen LogP contribution is -2.44. The molecule has 0 spiro atoms. The van der Waals surface area contributed by atoms with Gasteiger partial charge in [-0.05, 0) is 18.2 Å². The first-order valence-corrected chi connectivity index (χ1v) is 6.52. The number of benzene rings is 1. The molecule has 6 heteroatoms. The molecule has 0 fully saturated rings. The van der Waals surface area contributed by atoms with Crippen LogP contribution in [-0.2, 0) is 4.79 Å². The third-order valence-electron chi connectivity index (χ3n) is 2.10. The number of carbonyl (C=O) groups is 2. The smallest absolute Gasteiger partial charge is 0.252 e. The largest absolute Gasteiger partial charge is 0.368 e. The Morgan fingerprint density at radius 1 is 1.33 bits per heavy atom. The number of amides is 2. The van der Waals surface area contributed by atoms with Crippen molar-refractivity contribution in [3.63, 3.8) is 0 Å². The van der Waals surface area contributed by atoms with E-state index in [9.17, 15) is 9.59 Å². The Kier molecular flexibility index (Phi) is 5.38. The van der Waals surface area contributed by atoms with Crippen LogP contribution in [0.2, 0.25) is 0 Å². The van der Waals surface area contributed by atoms with Crippen LogP contribution in [0.1, 0.15) is 16.8 Å². The van der Waals surface area contributed by atoms with E-state index in [1.54, 1.807) is 18.2 Å². The van der Waals surface area contributed by atoms with Crippen LogP contribution in [0.4, 0.5) is 0 Å². The zero-order valence-electron chi connectivity index (χ0n) is 9.24. The van der Waals surface area contributed by atoms with Crippen LogP contribution in [-0.4, -0.2) is 17.9 Å². The summed E-state index contributed by atoms with van der Waals surface area (Å²) in [5.74, 6) is 1.23. The Bertz CT molecular complexity index is 503. The van der Waals surface area contributed by atoms with Crippen molar-refractivity contribution in [1.82, 2.24) is 5.32 Å². The van der Waals surface area contributed by atoms with E-state index in [-0.39, 0.29) is 6.42 Å². The molecule has 1 rings (SSSR count). The number of nitrogens with one attached hydrogen (secondary N) is 1. The molecule has 0 aliphatic heterocycles. The van der Waals surface area contributed by atoms with E-state index in [0.717, 1.165) is 8.95 Å².